The molecule has 1 N–H and O–H groups in total. The molecule has 1 saturated heterocycles. The SMILES string of the molecule is Cc1ncc(-c2cc(C(=O)Nc3ccc(OC(F)(F)F)cc3)cnc2N2CC[C@@H](C)C2)cn1. The maximum Gasteiger partial charge on any atom is 0.573 e. The lowest BCUT2D eigenvalue weighted by Crippen LogP contribution is -2.22. The maximum atomic E-state index is 12.8. The van der Waals surface area contributed by atoms with Crippen LogP contribution in [0.4, 0.5) is 24.7 Å². The molecule has 0 spiro atoms. The number of alkyl halides is 3. The molecule has 33 heavy (non-hydrogen) atoms. The van der Waals surface area contributed by atoms with Crippen LogP contribution in [-0.4, -0.2) is 40.3 Å². The molecule has 7 nitrogen and oxygen atoms in total. The van der Waals surface area contributed by atoms with Gasteiger partial charge in [-0.2, -0.15) is 0 Å². The zero-order valence-corrected chi connectivity index (χ0v) is 18.1. The summed E-state index contributed by atoms with van der Waals surface area (Å²) in [6.07, 6.45) is 1.17. The summed E-state index contributed by atoms with van der Waals surface area (Å²) in [5, 5.41) is 2.67. The first-order valence-electron chi connectivity index (χ1n) is 10.4. The normalized spacial score (nSPS) is 16.0. The minimum atomic E-state index is -4.78. The first-order valence-corrected chi connectivity index (χ1v) is 10.4. The number of amides is 1. The summed E-state index contributed by atoms with van der Waals surface area (Å²) in [6.45, 7) is 5.71. The van der Waals surface area contributed by atoms with E-state index >= 15 is 0 Å². The minimum Gasteiger partial charge on any atom is -0.406 e. The Morgan fingerprint density at radius 1 is 1.12 bits per heavy atom. The molecule has 0 radical (unpaired) electrons. The van der Waals surface area contributed by atoms with Gasteiger partial charge in [0.2, 0.25) is 0 Å². The van der Waals surface area contributed by atoms with Crippen LogP contribution in [0.15, 0.2) is 48.9 Å². The summed E-state index contributed by atoms with van der Waals surface area (Å²) in [6, 6.07) is 6.67. The number of benzene rings is 1. The molecule has 0 bridgehead atoms. The van der Waals surface area contributed by atoms with Gasteiger partial charge < -0.3 is 15.0 Å². The van der Waals surface area contributed by atoms with Crippen LogP contribution in [0, 0.1) is 12.8 Å². The van der Waals surface area contributed by atoms with E-state index in [0.717, 1.165) is 48.6 Å². The van der Waals surface area contributed by atoms with Crippen molar-refractivity contribution in [2.45, 2.75) is 26.6 Å². The Labute approximate surface area is 188 Å². The topological polar surface area (TPSA) is 80.2 Å². The molecule has 3 aromatic rings. The number of nitrogens with zero attached hydrogens (tertiary/aromatic N) is 4. The largest absolute Gasteiger partial charge is 0.573 e. The Morgan fingerprint density at radius 3 is 2.42 bits per heavy atom. The molecular formula is C23H22F3N5O2. The van der Waals surface area contributed by atoms with E-state index in [2.05, 4.69) is 36.8 Å². The van der Waals surface area contributed by atoms with Crippen molar-refractivity contribution in [1.29, 1.82) is 0 Å². The van der Waals surface area contributed by atoms with Gasteiger partial charge in [0.1, 0.15) is 17.4 Å². The first-order chi connectivity index (χ1) is 15.7. The summed E-state index contributed by atoms with van der Waals surface area (Å²) in [5.74, 6) is 1.13. The molecule has 4 rings (SSSR count). The fraction of sp³-hybridized carbons (Fsp3) is 0.304. The highest BCUT2D eigenvalue weighted by Crippen LogP contribution is 2.33. The summed E-state index contributed by atoms with van der Waals surface area (Å²) in [7, 11) is 0. The van der Waals surface area contributed by atoms with Crippen molar-refractivity contribution in [2.75, 3.05) is 23.3 Å². The van der Waals surface area contributed by atoms with E-state index in [9.17, 15) is 18.0 Å². The Bertz CT molecular complexity index is 1130. The minimum absolute atomic E-state index is 0.303. The highest BCUT2D eigenvalue weighted by Gasteiger charge is 2.31. The summed E-state index contributed by atoms with van der Waals surface area (Å²) in [5.41, 5.74) is 2.11. The summed E-state index contributed by atoms with van der Waals surface area (Å²) >= 11 is 0. The van der Waals surface area contributed by atoms with Gasteiger partial charge in [-0.25, -0.2) is 15.0 Å². The monoisotopic (exact) mass is 457 g/mol. The second kappa shape index (κ2) is 9.05. The molecule has 3 heterocycles. The lowest BCUT2D eigenvalue weighted by Gasteiger charge is -2.21. The van der Waals surface area contributed by atoms with E-state index in [-0.39, 0.29) is 5.75 Å². The van der Waals surface area contributed by atoms with Gasteiger partial charge in [0, 0.05) is 48.5 Å². The van der Waals surface area contributed by atoms with Gasteiger partial charge in [0.05, 0.1) is 5.56 Å². The molecule has 0 saturated carbocycles. The van der Waals surface area contributed by atoms with Crippen LogP contribution in [0.1, 0.15) is 29.5 Å². The number of nitrogens with one attached hydrogen (secondary N) is 1. The average Bonchev–Trinajstić information content (AvgIpc) is 3.20. The number of carbonyl (C=O) groups excluding carboxylic acids is 1. The molecule has 2 aromatic heterocycles. The summed E-state index contributed by atoms with van der Waals surface area (Å²) < 4.78 is 40.8. The molecule has 1 aromatic carbocycles. The number of pyridine rings is 1. The molecule has 1 amide bonds. The standard InChI is InChI=1S/C23H22F3N5O2/c1-14-7-8-31(13-14)21-20(17-11-27-15(2)28-12-17)9-16(10-29-21)22(32)30-18-3-5-19(6-4-18)33-23(24,25)26/h3-6,9-12,14H,7-8,13H2,1-2H3,(H,30,32)/t14-/m1/s1. The van der Waals surface area contributed by atoms with Gasteiger partial charge in [-0.05, 0) is 49.6 Å². The zero-order valence-electron chi connectivity index (χ0n) is 18.1. The Morgan fingerprint density at radius 2 is 1.82 bits per heavy atom. The number of carbonyl (C=O) groups is 1. The molecule has 1 aliphatic heterocycles. The van der Waals surface area contributed by atoms with Crippen LogP contribution in [0.3, 0.4) is 0 Å². The Balaban J connectivity index is 1.59. The van der Waals surface area contributed by atoms with Crippen molar-refractivity contribution < 1.29 is 22.7 Å². The van der Waals surface area contributed by atoms with Crippen LogP contribution >= 0.6 is 0 Å². The lowest BCUT2D eigenvalue weighted by atomic mass is 10.1. The third-order valence-corrected chi connectivity index (χ3v) is 5.29. The van der Waals surface area contributed by atoms with Gasteiger partial charge in [0.25, 0.3) is 5.91 Å². The zero-order chi connectivity index (χ0) is 23.6. The van der Waals surface area contributed by atoms with Crippen LogP contribution in [0.5, 0.6) is 5.75 Å². The molecule has 172 valence electrons. The molecule has 10 heteroatoms. The van der Waals surface area contributed by atoms with E-state index < -0.39 is 12.3 Å². The van der Waals surface area contributed by atoms with Gasteiger partial charge in [0.15, 0.2) is 0 Å². The predicted molar refractivity (Wildman–Crippen MR) is 117 cm³/mol. The van der Waals surface area contributed by atoms with E-state index in [1.807, 2.05) is 0 Å². The van der Waals surface area contributed by atoms with Crippen molar-refractivity contribution >= 4 is 17.4 Å². The fourth-order valence-electron chi connectivity index (χ4n) is 3.65. The quantitative estimate of drug-likeness (QED) is 0.590. The number of anilines is 2. The molecule has 1 atom stereocenters. The van der Waals surface area contributed by atoms with E-state index in [4.69, 9.17) is 0 Å². The van der Waals surface area contributed by atoms with E-state index in [0.29, 0.717) is 23.0 Å². The third kappa shape index (κ3) is 5.57. The fourth-order valence-corrected chi connectivity index (χ4v) is 3.65. The number of aromatic nitrogens is 3. The number of ether oxygens (including phenoxy) is 1. The number of hydrogen-bond donors (Lipinski definition) is 1. The second-order valence-corrected chi connectivity index (χ2v) is 7.98. The summed E-state index contributed by atoms with van der Waals surface area (Å²) in [4.78, 5) is 28.1. The first kappa shape index (κ1) is 22.5. The number of aryl methyl sites for hydroxylation is 1. The van der Waals surface area contributed by atoms with Crippen LogP contribution in [0.2, 0.25) is 0 Å². The average molecular weight is 457 g/mol. The highest BCUT2D eigenvalue weighted by molar-refractivity contribution is 6.05. The third-order valence-electron chi connectivity index (χ3n) is 5.29. The van der Waals surface area contributed by atoms with Gasteiger partial charge >= 0.3 is 6.36 Å². The molecule has 1 aliphatic rings. The molecule has 0 unspecified atom stereocenters. The van der Waals surface area contributed by atoms with E-state index in [1.165, 1.54) is 18.3 Å². The molecule has 0 aliphatic carbocycles. The van der Waals surface area contributed by atoms with Crippen LogP contribution < -0.4 is 15.0 Å². The Kier molecular flexibility index (Phi) is 6.17. The van der Waals surface area contributed by atoms with Crippen molar-refractivity contribution in [3.05, 3.63) is 60.3 Å². The number of hydrogen-bond acceptors (Lipinski definition) is 6. The molecule has 1 fully saturated rings. The second-order valence-electron chi connectivity index (χ2n) is 7.98. The smallest absolute Gasteiger partial charge is 0.406 e. The number of rotatable bonds is 5. The van der Waals surface area contributed by atoms with Gasteiger partial charge in [-0.1, -0.05) is 6.92 Å². The maximum absolute atomic E-state index is 12.8. The van der Waals surface area contributed by atoms with Gasteiger partial charge in [-0.15, -0.1) is 13.2 Å². The number of halogens is 3. The molecular weight excluding hydrogens is 435 g/mol. The van der Waals surface area contributed by atoms with Crippen molar-refractivity contribution in [1.82, 2.24) is 15.0 Å². The lowest BCUT2D eigenvalue weighted by molar-refractivity contribution is -0.274. The van der Waals surface area contributed by atoms with Gasteiger partial charge in [-0.3, -0.25) is 4.79 Å². The van der Waals surface area contributed by atoms with Crippen molar-refractivity contribution in [3.63, 3.8) is 0 Å². The Hall–Kier alpha value is -3.69. The van der Waals surface area contributed by atoms with Crippen LogP contribution in [-0.2, 0) is 0 Å². The van der Waals surface area contributed by atoms with Crippen LogP contribution in [0.25, 0.3) is 11.1 Å². The van der Waals surface area contributed by atoms with E-state index in [1.54, 1.807) is 25.4 Å². The highest BCUT2D eigenvalue weighted by atomic mass is 19.4. The van der Waals surface area contributed by atoms with Crippen molar-refractivity contribution in [3.8, 4) is 16.9 Å². The predicted octanol–water partition coefficient (Wildman–Crippen LogP) is 4.84. The van der Waals surface area contributed by atoms with Crippen molar-refractivity contribution in [2.24, 2.45) is 5.92 Å².